The molecule has 0 radical (unpaired) electrons. The number of carbonyl (C=O) groups excluding carboxylic acids is 1. The van der Waals surface area contributed by atoms with Crippen LogP contribution in [0.15, 0.2) is 56.5 Å². The van der Waals surface area contributed by atoms with E-state index in [-0.39, 0.29) is 53.1 Å². The van der Waals surface area contributed by atoms with E-state index in [9.17, 15) is 18.8 Å². The minimum absolute atomic E-state index is 0. The van der Waals surface area contributed by atoms with Crippen molar-refractivity contribution in [2.45, 2.75) is 40.2 Å². The quantitative estimate of drug-likeness (QED) is 0.260. The monoisotopic (exact) mass is 650 g/mol. The van der Waals surface area contributed by atoms with Gasteiger partial charge in [0.2, 0.25) is 0 Å². The maximum atomic E-state index is 14.8. The number of carbonyl (C=O) groups is 1. The highest BCUT2D eigenvalue weighted by atomic mass is 127. The Morgan fingerprint density at radius 2 is 1.87 bits per heavy atom. The van der Waals surface area contributed by atoms with Crippen molar-refractivity contribution in [3.05, 3.63) is 101 Å². The van der Waals surface area contributed by atoms with Gasteiger partial charge in [0, 0.05) is 46.3 Å². The number of pyridine rings is 1. The van der Waals surface area contributed by atoms with Crippen LogP contribution in [0.2, 0.25) is 0 Å². The Balaban J connectivity index is 0.00000400. The molecule has 0 saturated carbocycles. The van der Waals surface area contributed by atoms with Gasteiger partial charge in [0.05, 0.1) is 5.39 Å². The molecule has 0 aliphatic heterocycles. The molecule has 0 unspecified atom stereocenters. The Hall–Kier alpha value is -2.82. The fourth-order valence-electron chi connectivity index (χ4n) is 4.69. The molecule has 0 atom stereocenters. The lowest BCUT2D eigenvalue weighted by atomic mass is 9.93. The van der Waals surface area contributed by atoms with Gasteiger partial charge in [-0.05, 0) is 84.8 Å². The number of aromatic nitrogens is 1. The first-order valence-corrected chi connectivity index (χ1v) is 13.1. The molecule has 4 aromatic rings. The van der Waals surface area contributed by atoms with Crippen LogP contribution in [0.4, 0.5) is 4.39 Å². The van der Waals surface area contributed by atoms with E-state index in [0.717, 1.165) is 14.7 Å². The van der Waals surface area contributed by atoms with Crippen molar-refractivity contribution in [1.82, 2.24) is 9.88 Å². The van der Waals surface area contributed by atoms with Gasteiger partial charge < -0.3 is 14.3 Å². The van der Waals surface area contributed by atoms with Crippen molar-refractivity contribution in [2.75, 3.05) is 13.6 Å². The predicted molar refractivity (Wildman–Crippen MR) is 159 cm³/mol. The molecule has 6 nitrogen and oxygen atoms in total. The predicted octanol–water partition coefficient (Wildman–Crippen LogP) is 5.35. The maximum Gasteiger partial charge on any atom is 0.339 e. The average Bonchev–Trinajstić information content (AvgIpc) is 2.83. The molecular formula is C29H29ClFIN2O4. The molecule has 2 aromatic carbocycles. The summed E-state index contributed by atoms with van der Waals surface area (Å²) in [6.45, 7) is 5.90. The molecule has 9 heteroatoms. The second-order valence-electron chi connectivity index (χ2n) is 9.21. The van der Waals surface area contributed by atoms with Crippen LogP contribution in [-0.4, -0.2) is 23.9 Å². The van der Waals surface area contributed by atoms with E-state index in [1.807, 2.05) is 60.8 Å². The molecule has 0 fully saturated rings. The second kappa shape index (κ2) is 12.4. The Bertz CT molecular complexity index is 1640. The number of likely N-dealkylation sites (N-methyl/N-ethyl adjacent to an activating group) is 1. The lowest BCUT2D eigenvalue weighted by Gasteiger charge is -2.19. The zero-order valence-electron chi connectivity index (χ0n) is 21.6. The summed E-state index contributed by atoms with van der Waals surface area (Å²) < 4.78 is 23.1. The van der Waals surface area contributed by atoms with Crippen molar-refractivity contribution < 1.29 is 13.6 Å². The first kappa shape index (κ1) is 29.7. The first-order valence-electron chi connectivity index (χ1n) is 12.0. The first-order chi connectivity index (χ1) is 17.6. The minimum Gasteiger partial charge on any atom is -0.422 e. The fourth-order valence-corrected chi connectivity index (χ4v) is 5.14. The topological polar surface area (TPSA) is 81.3 Å². The van der Waals surface area contributed by atoms with E-state index in [4.69, 9.17) is 4.42 Å². The van der Waals surface area contributed by atoms with Gasteiger partial charge in [-0.3, -0.25) is 9.59 Å². The number of fused-ring (bicyclic) bond motifs is 1. The molecule has 0 aliphatic carbocycles. The molecule has 2 aromatic heterocycles. The van der Waals surface area contributed by atoms with Crippen molar-refractivity contribution in [2.24, 2.45) is 0 Å². The SMILES string of the molecule is CNCCn1c(C)c(-c2cccc(CC(C)=O)c2)c2oc(=O)c(C)c(Cc3ccc(I)cc3F)c2c1=O.Cl. The molecule has 0 amide bonds. The molecule has 0 spiro atoms. The number of hydrogen-bond acceptors (Lipinski definition) is 5. The van der Waals surface area contributed by atoms with Gasteiger partial charge >= 0.3 is 5.63 Å². The number of nitrogens with one attached hydrogen (secondary N) is 1. The van der Waals surface area contributed by atoms with Gasteiger partial charge in [0.1, 0.15) is 11.6 Å². The van der Waals surface area contributed by atoms with Crippen LogP contribution in [0.5, 0.6) is 0 Å². The number of ketones is 1. The fraction of sp³-hybridized carbons (Fsp3) is 0.276. The molecule has 38 heavy (non-hydrogen) atoms. The molecule has 0 bridgehead atoms. The van der Waals surface area contributed by atoms with Gasteiger partial charge in [-0.15, -0.1) is 12.4 Å². The summed E-state index contributed by atoms with van der Waals surface area (Å²) >= 11 is 2.04. The minimum atomic E-state index is -0.568. The summed E-state index contributed by atoms with van der Waals surface area (Å²) in [5.41, 5.74) is 3.25. The second-order valence-corrected chi connectivity index (χ2v) is 10.5. The standard InChI is InChI=1S/C29H28FIN2O4.ClH/c1-16(34)12-19-6-5-7-21(13-19)25-18(3)33(11-10-32-4)28(35)26-23(17(2)29(36)37-27(25)26)14-20-8-9-22(31)15-24(20)30;/h5-9,13,15,32H,10-12,14H2,1-4H3;1H. The van der Waals surface area contributed by atoms with Gasteiger partial charge in [0.15, 0.2) is 5.58 Å². The number of Topliss-reactive ketones (excluding diaryl/α,β-unsaturated/α-hetero) is 1. The van der Waals surface area contributed by atoms with Crippen LogP contribution in [0.1, 0.15) is 34.9 Å². The maximum absolute atomic E-state index is 14.8. The third kappa shape index (κ3) is 5.92. The highest BCUT2D eigenvalue weighted by Crippen LogP contribution is 2.33. The zero-order chi connectivity index (χ0) is 26.9. The van der Waals surface area contributed by atoms with Gasteiger partial charge in [-0.2, -0.15) is 0 Å². The van der Waals surface area contributed by atoms with Gasteiger partial charge in [0.25, 0.3) is 5.56 Å². The van der Waals surface area contributed by atoms with Crippen LogP contribution >= 0.6 is 35.0 Å². The van der Waals surface area contributed by atoms with Crippen LogP contribution in [-0.2, 0) is 24.2 Å². The third-order valence-electron chi connectivity index (χ3n) is 6.57. The molecule has 4 rings (SSSR count). The summed E-state index contributed by atoms with van der Waals surface area (Å²) in [4.78, 5) is 38.7. The summed E-state index contributed by atoms with van der Waals surface area (Å²) in [6, 6.07) is 12.4. The van der Waals surface area contributed by atoms with E-state index in [2.05, 4.69) is 5.32 Å². The van der Waals surface area contributed by atoms with Gasteiger partial charge in [-0.1, -0.05) is 30.3 Å². The lowest BCUT2D eigenvalue weighted by Crippen LogP contribution is -2.29. The number of nitrogens with zero attached hydrogens (tertiary/aromatic N) is 1. The smallest absolute Gasteiger partial charge is 0.339 e. The van der Waals surface area contributed by atoms with Gasteiger partial charge in [-0.25, -0.2) is 9.18 Å². The van der Waals surface area contributed by atoms with E-state index < -0.39 is 11.4 Å². The Kier molecular flexibility index (Phi) is 9.67. The molecule has 200 valence electrons. The third-order valence-corrected chi connectivity index (χ3v) is 7.24. The Morgan fingerprint density at radius 1 is 1.13 bits per heavy atom. The van der Waals surface area contributed by atoms with Crippen molar-refractivity contribution in [3.63, 3.8) is 0 Å². The van der Waals surface area contributed by atoms with E-state index in [1.165, 1.54) is 13.0 Å². The van der Waals surface area contributed by atoms with E-state index >= 15 is 0 Å². The van der Waals surface area contributed by atoms with Crippen LogP contribution in [0.3, 0.4) is 0 Å². The van der Waals surface area contributed by atoms with Crippen molar-refractivity contribution in [1.29, 1.82) is 0 Å². The summed E-state index contributed by atoms with van der Waals surface area (Å²) in [6.07, 6.45) is 0.343. The van der Waals surface area contributed by atoms with Crippen LogP contribution in [0, 0.1) is 23.2 Å². The largest absolute Gasteiger partial charge is 0.422 e. The van der Waals surface area contributed by atoms with Crippen LogP contribution in [0.25, 0.3) is 22.1 Å². The van der Waals surface area contributed by atoms with Crippen LogP contribution < -0.4 is 16.5 Å². The number of rotatable bonds is 8. The normalized spacial score (nSPS) is 11.0. The molecule has 0 aliphatic rings. The lowest BCUT2D eigenvalue weighted by molar-refractivity contribution is -0.116. The van der Waals surface area contributed by atoms with Crippen molar-refractivity contribution >= 4 is 51.8 Å². The van der Waals surface area contributed by atoms with E-state index in [0.29, 0.717) is 35.5 Å². The summed E-state index contributed by atoms with van der Waals surface area (Å²) in [5, 5.41) is 3.34. The number of benzene rings is 2. The number of halogens is 3. The highest BCUT2D eigenvalue weighted by molar-refractivity contribution is 14.1. The summed E-state index contributed by atoms with van der Waals surface area (Å²) in [7, 11) is 1.81. The molecule has 1 N–H and O–H groups in total. The Labute approximate surface area is 239 Å². The summed E-state index contributed by atoms with van der Waals surface area (Å²) in [5.74, 6) is -0.366. The highest BCUT2D eigenvalue weighted by Gasteiger charge is 2.24. The zero-order valence-corrected chi connectivity index (χ0v) is 24.6. The van der Waals surface area contributed by atoms with Crippen molar-refractivity contribution in [3.8, 4) is 11.1 Å². The molecule has 0 saturated heterocycles. The molecular weight excluding hydrogens is 622 g/mol. The van der Waals surface area contributed by atoms with E-state index in [1.54, 1.807) is 23.6 Å². The average molecular weight is 651 g/mol. The molecule has 2 heterocycles. The number of hydrogen-bond donors (Lipinski definition) is 1. The Morgan fingerprint density at radius 3 is 2.53 bits per heavy atom.